The Morgan fingerprint density at radius 2 is 2.07 bits per heavy atom. The fourth-order valence-electron chi connectivity index (χ4n) is 2.24. The van der Waals surface area contributed by atoms with Crippen LogP contribution in [0.25, 0.3) is 0 Å². The normalized spacial score (nSPS) is 31.3. The van der Waals surface area contributed by atoms with Gasteiger partial charge < -0.3 is 14.8 Å². The highest BCUT2D eigenvalue weighted by molar-refractivity contribution is 5.80. The summed E-state index contributed by atoms with van der Waals surface area (Å²) in [5.74, 6) is -0.153. The van der Waals surface area contributed by atoms with E-state index in [4.69, 9.17) is 9.47 Å². The number of hydrogen-bond acceptors (Lipinski definition) is 4. The third-order valence-electron chi connectivity index (χ3n) is 3.24. The average molecular weight is 215 g/mol. The molecule has 0 radical (unpaired) electrons. The number of nitrogens with one attached hydrogen (secondary N) is 1. The van der Waals surface area contributed by atoms with Gasteiger partial charge in [0.15, 0.2) is 0 Å². The van der Waals surface area contributed by atoms with E-state index < -0.39 is 5.54 Å². The van der Waals surface area contributed by atoms with Crippen molar-refractivity contribution in [2.45, 2.75) is 44.2 Å². The van der Waals surface area contributed by atoms with Gasteiger partial charge in [0, 0.05) is 6.61 Å². The molecule has 1 aliphatic carbocycles. The van der Waals surface area contributed by atoms with Crippen molar-refractivity contribution in [1.82, 2.24) is 5.32 Å². The molecule has 0 spiro atoms. The lowest BCUT2D eigenvalue weighted by atomic mass is 9.80. The van der Waals surface area contributed by atoms with E-state index in [1.165, 1.54) is 7.11 Å². The molecule has 0 aromatic carbocycles. The van der Waals surface area contributed by atoms with Crippen LogP contribution in [0.15, 0.2) is 0 Å². The van der Waals surface area contributed by atoms with Crippen molar-refractivity contribution in [3.63, 3.8) is 0 Å². The van der Waals surface area contributed by atoms with Gasteiger partial charge in [0.05, 0.1) is 13.2 Å². The summed E-state index contributed by atoms with van der Waals surface area (Å²) in [4.78, 5) is 11.7. The molecule has 1 aliphatic rings. The summed E-state index contributed by atoms with van der Waals surface area (Å²) in [6.45, 7) is 2.75. The molecule has 1 rings (SSSR count). The average Bonchev–Trinajstić information content (AvgIpc) is 2.30. The van der Waals surface area contributed by atoms with Crippen LogP contribution in [0.5, 0.6) is 0 Å². The highest BCUT2D eigenvalue weighted by Crippen LogP contribution is 2.30. The summed E-state index contributed by atoms with van der Waals surface area (Å²) in [7, 11) is 3.26. The topological polar surface area (TPSA) is 47.6 Å². The Balaban J connectivity index is 2.54. The fraction of sp³-hybridized carbons (Fsp3) is 0.909. The Kier molecular flexibility index (Phi) is 4.54. The van der Waals surface area contributed by atoms with Crippen molar-refractivity contribution in [1.29, 1.82) is 0 Å². The second-order valence-corrected chi connectivity index (χ2v) is 3.98. The van der Waals surface area contributed by atoms with E-state index >= 15 is 0 Å². The summed E-state index contributed by atoms with van der Waals surface area (Å²) < 4.78 is 10.4. The van der Waals surface area contributed by atoms with Crippen LogP contribution in [0.1, 0.15) is 32.6 Å². The number of likely N-dealkylation sites (N-methyl/N-ethyl adjacent to an activating group) is 1. The van der Waals surface area contributed by atoms with Gasteiger partial charge in [-0.2, -0.15) is 0 Å². The van der Waals surface area contributed by atoms with Crippen LogP contribution in [0.3, 0.4) is 0 Å². The minimum atomic E-state index is -0.484. The van der Waals surface area contributed by atoms with Gasteiger partial charge in [0.25, 0.3) is 0 Å². The molecule has 0 aromatic heterocycles. The molecule has 15 heavy (non-hydrogen) atoms. The Hall–Kier alpha value is -0.610. The molecule has 0 bridgehead atoms. The zero-order valence-corrected chi connectivity index (χ0v) is 9.84. The quantitative estimate of drug-likeness (QED) is 0.713. The van der Waals surface area contributed by atoms with E-state index in [1.807, 2.05) is 14.0 Å². The molecule has 0 atom stereocenters. The van der Waals surface area contributed by atoms with Crippen LogP contribution >= 0.6 is 0 Å². The number of ether oxygens (including phenoxy) is 2. The second kappa shape index (κ2) is 5.47. The van der Waals surface area contributed by atoms with Gasteiger partial charge in [-0.15, -0.1) is 0 Å². The maximum Gasteiger partial charge on any atom is 0.326 e. The molecule has 0 aromatic rings. The Labute approximate surface area is 91.3 Å². The predicted octanol–water partition coefficient (Wildman–Crippen LogP) is 1.10. The van der Waals surface area contributed by atoms with E-state index in [0.29, 0.717) is 6.10 Å². The molecule has 0 saturated heterocycles. The van der Waals surface area contributed by atoms with Crippen molar-refractivity contribution >= 4 is 5.97 Å². The van der Waals surface area contributed by atoms with Crippen LogP contribution in [0.2, 0.25) is 0 Å². The van der Waals surface area contributed by atoms with Crippen LogP contribution in [0.4, 0.5) is 0 Å². The van der Waals surface area contributed by atoms with Crippen molar-refractivity contribution in [2.24, 2.45) is 0 Å². The van der Waals surface area contributed by atoms with Gasteiger partial charge in [-0.3, -0.25) is 4.79 Å². The van der Waals surface area contributed by atoms with Gasteiger partial charge >= 0.3 is 5.97 Å². The molecule has 4 heteroatoms. The van der Waals surface area contributed by atoms with Crippen molar-refractivity contribution < 1.29 is 14.3 Å². The first-order valence-electron chi connectivity index (χ1n) is 5.57. The molecule has 0 amide bonds. The minimum Gasteiger partial charge on any atom is -0.468 e. The molecule has 1 N–H and O–H groups in total. The van der Waals surface area contributed by atoms with Gasteiger partial charge in [-0.25, -0.2) is 0 Å². The van der Waals surface area contributed by atoms with E-state index in [0.717, 1.165) is 32.3 Å². The van der Waals surface area contributed by atoms with Crippen LogP contribution in [-0.2, 0) is 14.3 Å². The molecular weight excluding hydrogens is 194 g/mol. The summed E-state index contributed by atoms with van der Waals surface area (Å²) in [6, 6.07) is 0. The minimum absolute atomic E-state index is 0.153. The lowest BCUT2D eigenvalue weighted by Crippen LogP contribution is -2.54. The van der Waals surface area contributed by atoms with Gasteiger partial charge in [0.2, 0.25) is 0 Å². The zero-order chi connectivity index (χ0) is 11.3. The van der Waals surface area contributed by atoms with E-state index in [1.54, 1.807) is 0 Å². The second-order valence-electron chi connectivity index (χ2n) is 3.98. The SMILES string of the molecule is CCOC1CCC(NC)(C(=O)OC)CC1. The first-order chi connectivity index (χ1) is 7.18. The Morgan fingerprint density at radius 3 is 2.47 bits per heavy atom. The number of carbonyl (C=O) groups excluding carboxylic acids is 1. The molecule has 0 aliphatic heterocycles. The molecular formula is C11H21NO3. The summed E-state index contributed by atoms with van der Waals surface area (Å²) in [5.41, 5.74) is -0.484. The zero-order valence-electron chi connectivity index (χ0n) is 9.84. The van der Waals surface area contributed by atoms with Gasteiger partial charge in [-0.05, 0) is 39.7 Å². The summed E-state index contributed by atoms with van der Waals surface area (Å²) in [5, 5.41) is 3.10. The highest BCUT2D eigenvalue weighted by atomic mass is 16.5. The number of rotatable bonds is 4. The lowest BCUT2D eigenvalue weighted by molar-refractivity contribution is -0.151. The molecule has 0 heterocycles. The number of methoxy groups -OCH3 is 1. The maximum absolute atomic E-state index is 11.7. The van der Waals surface area contributed by atoms with Crippen molar-refractivity contribution in [3.05, 3.63) is 0 Å². The number of carbonyl (C=O) groups is 1. The predicted molar refractivity (Wildman–Crippen MR) is 57.7 cm³/mol. The molecule has 0 unspecified atom stereocenters. The third-order valence-corrected chi connectivity index (χ3v) is 3.24. The molecule has 88 valence electrons. The third kappa shape index (κ3) is 2.69. The Morgan fingerprint density at radius 1 is 1.47 bits per heavy atom. The van der Waals surface area contributed by atoms with E-state index in [-0.39, 0.29) is 5.97 Å². The molecule has 1 fully saturated rings. The van der Waals surface area contributed by atoms with Crippen LogP contribution in [-0.4, -0.2) is 38.4 Å². The highest BCUT2D eigenvalue weighted by Gasteiger charge is 2.41. The summed E-state index contributed by atoms with van der Waals surface area (Å²) >= 11 is 0. The standard InChI is InChI=1S/C11H21NO3/c1-4-15-9-5-7-11(12-2,8-6-9)10(13)14-3/h9,12H,4-8H2,1-3H3. The fourth-order valence-corrected chi connectivity index (χ4v) is 2.24. The Bertz CT molecular complexity index is 210. The monoisotopic (exact) mass is 215 g/mol. The number of esters is 1. The first kappa shape index (κ1) is 12.5. The smallest absolute Gasteiger partial charge is 0.326 e. The molecule has 4 nitrogen and oxygen atoms in total. The van der Waals surface area contributed by atoms with Gasteiger partial charge in [-0.1, -0.05) is 0 Å². The van der Waals surface area contributed by atoms with Gasteiger partial charge in [0.1, 0.15) is 5.54 Å². The lowest BCUT2D eigenvalue weighted by Gasteiger charge is -2.37. The first-order valence-corrected chi connectivity index (χ1v) is 5.57. The van der Waals surface area contributed by atoms with Crippen LogP contribution in [0, 0.1) is 0 Å². The largest absolute Gasteiger partial charge is 0.468 e. The van der Waals surface area contributed by atoms with Crippen molar-refractivity contribution in [2.75, 3.05) is 20.8 Å². The van der Waals surface area contributed by atoms with Crippen LogP contribution < -0.4 is 5.32 Å². The molecule has 1 saturated carbocycles. The summed E-state index contributed by atoms with van der Waals surface area (Å²) in [6.07, 6.45) is 3.73. The van der Waals surface area contributed by atoms with E-state index in [2.05, 4.69) is 5.32 Å². The maximum atomic E-state index is 11.7. The van der Waals surface area contributed by atoms with Crippen molar-refractivity contribution in [3.8, 4) is 0 Å². The van der Waals surface area contributed by atoms with E-state index in [9.17, 15) is 4.79 Å². The number of hydrogen-bond donors (Lipinski definition) is 1.